The first-order valence-corrected chi connectivity index (χ1v) is 14.4. The fourth-order valence-corrected chi connectivity index (χ4v) is 5.96. The van der Waals surface area contributed by atoms with Crippen molar-refractivity contribution in [3.8, 4) is 22.8 Å². The van der Waals surface area contributed by atoms with Gasteiger partial charge in [0, 0.05) is 29.3 Å². The number of non-ortho nitro benzene ring substituents is 1. The lowest BCUT2D eigenvalue weighted by molar-refractivity contribution is -0.384. The number of carbonyl (C=O) groups excluding carboxylic acids is 1. The van der Waals surface area contributed by atoms with Crippen LogP contribution in [0.25, 0.3) is 17.4 Å². The highest BCUT2D eigenvalue weighted by molar-refractivity contribution is 7.07. The average molecular weight is 604 g/mol. The molecule has 0 fully saturated rings. The molecular formula is C31H29N3O8S. The third kappa shape index (κ3) is 5.73. The zero-order valence-electron chi connectivity index (χ0n) is 24.0. The van der Waals surface area contributed by atoms with E-state index in [4.69, 9.17) is 23.6 Å². The van der Waals surface area contributed by atoms with Gasteiger partial charge in [0.15, 0.2) is 4.80 Å². The summed E-state index contributed by atoms with van der Waals surface area (Å²) in [7, 11) is 3.05. The van der Waals surface area contributed by atoms with Gasteiger partial charge in [-0.15, -0.1) is 0 Å². The molecule has 0 unspecified atom stereocenters. The summed E-state index contributed by atoms with van der Waals surface area (Å²) in [5.41, 5.74) is 1.44. The summed E-state index contributed by atoms with van der Waals surface area (Å²) in [4.78, 5) is 43.4. The SMILES string of the molecule is CCCC1=C(C(=O)OCC)[C@@H](c2cc(OC)ccc2OC)n2c(s/c(=C\c3ccc(-c4cccc([N+](=O)[O-])c4)o3)c2=O)=N1. The Bertz CT molecular complexity index is 1920. The third-order valence-electron chi connectivity index (χ3n) is 6.87. The third-order valence-corrected chi connectivity index (χ3v) is 7.85. The number of benzene rings is 2. The molecule has 11 nitrogen and oxygen atoms in total. The number of esters is 1. The predicted octanol–water partition coefficient (Wildman–Crippen LogP) is 4.76. The van der Waals surface area contributed by atoms with Gasteiger partial charge in [-0.05, 0) is 43.7 Å². The van der Waals surface area contributed by atoms with Crippen molar-refractivity contribution in [1.29, 1.82) is 0 Å². The first kappa shape index (κ1) is 29.5. The van der Waals surface area contributed by atoms with Crippen LogP contribution in [-0.2, 0) is 9.53 Å². The van der Waals surface area contributed by atoms with Crippen LogP contribution in [0.15, 0.2) is 80.1 Å². The molecule has 43 heavy (non-hydrogen) atoms. The van der Waals surface area contributed by atoms with E-state index in [2.05, 4.69) is 0 Å². The molecule has 0 N–H and O–H groups in total. The lowest BCUT2D eigenvalue weighted by atomic mass is 9.93. The molecule has 0 saturated heterocycles. The van der Waals surface area contributed by atoms with Crippen LogP contribution in [0, 0.1) is 10.1 Å². The summed E-state index contributed by atoms with van der Waals surface area (Å²) < 4.78 is 24.4. The maximum absolute atomic E-state index is 14.1. The second-order valence-electron chi connectivity index (χ2n) is 9.53. The number of nitro benzene ring substituents is 1. The molecule has 0 amide bonds. The highest BCUT2D eigenvalue weighted by atomic mass is 32.1. The van der Waals surface area contributed by atoms with Crippen molar-refractivity contribution in [1.82, 2.24) is 4.57 Å². The van der Waals surface area contributed by atoms with Crippen LogP contribution in [0.5, 0.6) is 11.5 Å². The van der Waals surface area contributed by atoms with Crippen molar-refractivity contribution in [2.75, 3.05) is 20.8 Å². The number of hydrogen-bond donors (Lipinski definition) is 0. The second-order valence-corrected chi connectivity index (χ2v) is 10.5. The van der Waals surface area contributed by atoms with Gasteiger partial charge in [-0.2, -0.15) is 0 Å². The minimum atomic E-state index is -0.888. The largest absolute Gasteiger partial charge is 0.497 e. The molecular weight excluding hydrogens is 574 g/mol. The smallest absolute Gasteiger partial charge is 0.338 e. The summed E-state index contributed by atoms with van der Waals surface area (Å²) in [6.07, 6.45) is 2.80. The zero-order valence-corrected chi connectivity index (χ0v) is 24.8. The maximum atomic E-state index is 14.1. The zero-order chi connectivity index (χ0) is 30.7. The van der Waals surface area contributed by atoms with Gasteiger partial charge in [-0.1, -0.05) is 36.8 Å². The molecule has 4 aromatic rings. The lowest BCUT2D eigenvalue weighted by Gasteiger charge is -2.27. The number of methoxy groups -OCH3 is 2. The number of fused-ring (bicyclic) bond motifs is 1. The number of hydrogen-bond acceptors (Lipinski definition) is 10. The Balaban J connectivity index is 1.70. The number of furan rings is 1. The van der Waals surface area contributed by atoms with E-state index >= 15 is 0 Å². The summed E-state index contributed by atoms with van der Waals surface area (Å²) >= 11 is 1.17. The monoisotopic (exact) mass is 603 g/mol. The molecule has 5 rings (SSSR count). The number of carbonyl (C=O) groups is 1. The molecule has 0 bridgehead atoms. The number of thiazole rings is 1. The number of aromatic nitrogens is 1. The molecule has 1 atom stereocenters. The fourth-order valence-electron chi connectivity index (χ4n) is 4.96. The van der Waals surface area contributed by atoms with Gasteiger partial charge in [0.05, 0.1) is 41.6 Å². The Hall–Kier alpha value is -4.97. The number of nitrogens with zero attached hydrogens (tertiary/aromatic N) is 3. The average Bonchev–Trinajstić information content (AvgIpc) is 3.60. The molecule has 0 saturated carbocycles. The first-order valence-electron chi connectivity index (χ1n) is 13.6. The highest BCUT2D eigenvalue weighted by Gasteiger charge is 2.36. The van der Waals surface area contributed by atoms with Crippen molar-refractivity contribution < 1.29 is 28.3 Å². The Kier molecular flexibility index (Phi) is 8.58. The van der Waals surface area contributed by atoms with Crippen LogP contribution in [0.1, 0.15) is 44.1 Å². The van der Waals surface area contributed by atoms with E-state index in [0.717, 1.165) is 0 Å². The predicted molar refractivity (Wildman–Crippen MR) is 160 cm³/mol. The summed E-state index contributed by atoms with van der Waals surface area (Å²) in [5, 5.41) is 11.2. The summed E-state index contributed by atoms with van der Waals surface area (Å²) in [6.45, 7) is 3.86. The van der Waals surface area contributed by atoms with Gasteiger partial charge < -0.3 is 18.6 Å². The van der Waals surface area contributed by atoms with Gasteiger partial charge >= 0.3 is 5.97 Å². The van der Waals surface area contributed by atoms with Gasteiger partial charge in [-0.3, -0.25) is 19.5 Å². The minimum Gasteiger partial charge on any atom is -0.497 e. The van der Waals surface area contributed by atoms with Crippen LogP contribution < -0.4 is 24.4 Å². The Labute approximate surface area is 250 Å². The van der Waals surface area contributed by atoms with Crippen molar-refractivity contribution in [2.45, 2.75) is 32.7 Å². The van der Waals surface area contributed by atoms with Crippen LogP contribution in [0.4, 0.5) is 5.69 Å². The number of nitro groups is 1. The Morgan fingerprint density at radius 3 is 2.65 bits per heavy atom. The topological polar surface area (TPSA) is 135 Å². The Morgan fingerprint density at radius 1 is 1.14 bits per heavy atom. The Morgan fingerprint density at radius 2 is 1.95 bits per heavy atom. The molecule has 1 aliphatic rings. The van der Waals surface area contributed by atoms with E-state index in [1.54, 1.807) is 55.5 Å². The highest BCUT2D eigenvalue weighted by Crippen LogP contribution is 2.38. The van der Waals surface area contributed by atoms with E-state index in [-0.39, 0.29) is 23.4 Å². The number of rotatable bonds is 10. The quantitative estimate of drug-likeness (QED) is 0.144. The number of allylic oxidation sites excluding steroid dienone is 1. The normalized spacial score (nSPS) is 14.7. The summed E-state index contributed by atoms with van der Waals surface area (Å²) in [6, 6.07) is 13.8. The minimum absolute atomic E-state index is 0.0583. The molecule has 12 heteroatoms. The van der Waals surface area contributed by atoms with Crippen LogP contribution in [0.2, 0.25) is 0 Å². The van der Waals surface area contributed by atoms with Crippen LogP contribution >= 0.6 is 11.3 Å². The fraction of sp³-hybridized carbons (Fsp3) is 0.258. The standard InChI is InChI=1S/C31H29N3O8S/c1-5-8-23-27(30(36)41-6-2)28(22-16-20(39-3)11-14-25(22)40-4)33-29(35)26(43-31(33)32-23)17-21-12-13-24(42-21)18-9-7-10-19(15-18)34(37)38/h7,9-17,28H,5-6,8H2,1-4H3/b26-17-/t28-/m1/s1. The molecule has 3 heterocycles. The van der Waals surface area contributed by atoms with Crippen LogP contribution in [-0.4, -0.2) is 36.3 Å². The molecule has 0 aliphatic carbocycles. The van der Waals surface area contributed by atoms with Gasteiger partial charge in [-0.25, -0.2) is 9.79 Å². The van der Waals surface area contributed by atoms with E-state index in [1.807, 2.05) is 6.92 Å². The van der Waals surface area contributed by atoms with Crippen molar-refractivity contribution >= 4 is 29.1 Å². The van der Waals surface area contributed by atoms with Gasteiger partial charge in [0.1, 0.15) is 29.1 Å². The number of ether oxygens (including phenoxy) is 3. The first-order chi connectivity index (χ1) is 20.8. The van der Waals surface area contributed by atoms with Crippen molar-refractivity contribution in [3.05, 3.63) is 107 Å². The van der Waals surface area contributed by atoms with E-state index in [9.17, 15) is 19.7 Å². The molecule has 2 aromatic carbocycles. The summed E-state index contributed by atoms with van der Waals surface area (Å²) in [5.74, 6) is 1.22. The van der Waals surface area contributed by atoms with Crippen molar-refractivity contribution in [3.63, 3.8) is 0 Å². The molecule has 0 spiro atoms. The van der Waals surface area contributed by atoms with Crippen LogP contribution in [0.3, 0.4) is 0 Å². The lowest BCUT2D eigenvalue weighted by Crippen LogP contribution is -2.40. The molecule has 2 aromatic heterocycles. The maximum Gasteiger partial charge on any atom is 0.338 e. The van der Waals surface area contributed by atoms with E-state index < -0.39 is 16.9 Å². The van der Waals surface area contributed by atoms with Gasteiger partial charge in [0.25, 0.3) is 11.2 Å². The van der Waals surface area contributed by atoms with E-state index in [1.165, 1.54) is 42.3 Å². The second kappa shape index (κ2) is 12.5. The molecule has 222 valence electrons. The molecule has 1 aliphatic heterocycles. The van der Waals surface area contributed by atoms with E-state index in [0.29, 0.717) is 62.0 Å². The van der Waals surface area contributed by atoms with Crippen molar-refractivity contribution in [2.24, 2.45) is 4.99 Å². The van der Waals surface area contributed by atoms with Gasteiger partial charge in [0.2, 0.25) is 0 Å². The molecule has 0 radical (unpaired) electrons.